The lowest BCUT2D eigenvalue weighted by molar-refractivity contribution is -0.137. The van der Waals surface area contributed by atoms with E-state index in [4.69, 9.17) is 16.3 Å². The summed E-state index contributed by atoms with van der Waals surface area (Å²) in [5.74, 6) is -0.291. The summed E-state index contributed by atoms with van der Waals surface area (Å²) in [4.78, 5) is 29.4. The summed E-state index contributed by atoms with van der Waals surface area (Å²) in [5.41, 5.74) is 1.71. The Morgan fingerprint density at radius 1 is 1.08 bits per heavy atom. The summed E-state index contributed by atoms with van der Waals surface area (Å²) >= 11 is 6.62. The van der Waals surface area contributed by atoms with Crippen LogP contribution < -0.4 is 10.2 Å². The molecule has 0 bridgehead atoms. The van der Waals surface area contributed by atoms with Gasteiger partial charge in [-0.2, -0.15) is 13.2 Å². The van der Waals surface area contributed by atoms with Crippen LogP contribution in [0.15, 0.2) is 36.4 Å². The lowest BCUT2D eigenvalue weighted by Gasteiger charge is -2.35. The van der Waals surface area contributed by atoms with Crippen LogP contribution in [-0.2, 0) is 28.7 Å². The van der Waals surface area contributed by atoms with Crippen molar-refractivity contribution in [2.75, 3.05) is 23.3 Å². The second-order valence-electron chi connectivity index (χ2n) is 10.5. The molecule has 37 heavy (non-hydrogen) atoms. The third-order valence-electron chi connectivity index (χ3n) is 6.47. The van der Waals surface area contributed by atoms with Crippen molar-refractivity contribution < 1.29 is 27.5 Å². The molecular formula is C27H31ClF3N3O3. The molecule has 2 aromatic carbocycles. The molecule has 0 radical (unpaired) electrons. The number of nitrogens with one attached hydrogen (secondary N) is 1. The molecule has 2 amide bonds. The molecule has 2 aliphatic heterocycles. The first-order valence-corrected chi connectivity index (χ1v) is 12.7. The molecule has 0 aromatic heterocycles. The molecule has 0 spiro atoms. The molecule has 1 fully saturated rings. The molecule has 0 aliphatic carbocycles. The first kappa shape index (κ1) is 27.1. The fourth-order valence-electron chi connectivity index (χ4n) is 4.79. The molecule has 2 aromatic rings. The summed E-state index contributed by atoms with van der Waals surface area (Å²) in [6.07, 6.45) is -2.00. The highest BCUT2D eigenvalue weighted by atomic mass is 35.5. The van der Waals surface area contributed by atoms with Crippen LogP contribution >= 0.6 is 11.6 Å². The number of hydrogen-bond donors (Lipinski definition) is 1. The van der Waals surface area contributed by atoms with Crippen LogP contribution in [0.1, 0.15) is 56.7 Å². The first-order valence-electron chi connectivity index (χ1n) is 12.4. The fourth-order valence-corrected chi connectivity index (χ4v) is 5.14. The molecule has 4 rings (SSSR count). The van der Waals surface area contributed by atoms with Gasteiger partial charge in [0.25, 0.3) is 0 Å². The van der Waals surface area contributed by atoms with Crippen molar-refractivity contribution in [3.05, 3.63) is 58.1 Å². The number of benzene rings is 2. The Balaban J connectivity index is 1.45. The van der Waals surface area contributed by atoms with Gasteiger partial charge in [0.05, 0.1) is 16.3 Å². The SMILES string of the molecule is CC(C)(C)OC(=O)N1CCCC[C@@H]1C(=O)Nc1cc(Cl)c2c(c1)CCN2Cc1ccc(C(F)(F)F)cc1. The highest BCUT2D eigenvalue weighted by molar-refractivity contribution is 6.34. The van der Waals surface area contributed by atoms with Gasteiger partial charge in [-0.05, 0) is 81.8 Å². The quantitative estimate of drug-likeness (QED) is 0.474. The highest BCUT2D eigenvalue weighted by Crippen LogP contribution is 2.39. The number of piperidine rings is 1. The summed E-state index contributed by atoms with van der Waals surface area (Å²) in [6, 6.07) is 8.02. The minimum atomic E-state index is -4.37. The van der Waals surface area contributed by atoms with Gasteiger partial charge in [-0.15, -0.1) is 0 Å². The Morgan fingerprint density at radius 2 is 1.78 bits per heavy atom. The van der Waals surface area contributed by atoms with Crippen molar-refractivity contribution in [1.29, 1.82) is 0 Å². The van der Waals surface area contributed by atoms with Crippen molar-refractivity contribution in [3.8, 4) is 0 Å². The number of ether oxygens (including phenoxy) is 1. The van der Waals surface area contributed by atoms with Gasteiger partial charge < -0.3 is 15.0 Å². The monoisotopic (exact) mass is 537 g/mol. The van der Waals surface area contributed by atoms with Gasteiger partial charge >= 0.3 is 12.3 Å². The minimum absolute atomic E-state index is 0.291. The van der Waals surface area contributed by atoms with Crippen LogP contribution in [0.4, 0.5) is 29.3 Å². The maximum absolute atomic E-state index is 13.2. The second-order valence-corrected chi connectivity index (χ2v) is 10.9. The van der Waals surface area contributed by atoms with E-state index in [1.165, 1.54) is 17.0 Å². The molecule has 1 saturated heterocycles. The van der Waals surface area contributed by atoms with Gasteiger partial charge in [0.2, 0.25) is 5.91 Å². The van der Waals surface area contributed by atoms with E-state index in [0.29, 0.717) is 43.2 Å². The minimum Gasteiger partial charge on any atom is -0.444 e. The van der Waals surface area contributed by atoms with E-state index >= 15 is 0 Å². The Morgan fingerprint density at radius 3 is 2.43 bits per heavy atom. The number of nitrogens with zero attached hydrogens (tertiary/aromatic N) is 2. The van der Waals surface area contributed by atoms with E-state index in [1.807, 2.05) is 11.0 Å². The standard InChI is InChI=1S/C27H31ClF3N3O3/c1-26(2,3)37-25(36)34-12-5-4-6-22(34)24(35)32-20-14-18-11-13-33(23(18)21(28)15-20)16-17-7-9-19(10-8-17)27(29,30)31/h7-10,14-15,22H,4-6,11-13,16H2,1-3H3,(H,32,35)/t22-/m1/s1. The van der Waals surface area contributed by atoms with E-state index < -0.39 is 29.5 Å². The number of hydrogen-bond acceptors (Lipinski definition) is 4. The molecule has 1 N–H and O–H groups in total. The zero-order valence-corrected chi connectivity index (χ0v) is 21.9. The number of rotatable bonds is 4. The van der Waals surface area contributed by atoms with Crippen LogP contribution in [0.25, 0.3) is 0 Å². The predicted molar refractivity (Wildman–Crippen MR) is 137 cm³/mol. The number of amides is 2. The van der Waals surface area contributed by atoms with Gasteiger partial charge in [-0.25, -0.2) is 4.79 Å². The van der Waals surface area contributed by atoms with Gasteiger partial charge in [-0.3, -0.25) is 9.69 Å². The van der Waals surface area contributed by atoms with Crippen molar-refractivity contribution in [1.82, 2.24) is 4.90 Å². The lowest BCUT2D eigenvalue weighted by Crippen LogP contribution is -2.51. The van der Waals surface area contributed by atoms with Crippen LogP contribution in [0.2, 0.25) is 5.02 Å². The van der Waals surface area contributed by atoms with E-state index in [9.17, 15) is 22.8 Å². The zero-order chi connectivity index (χ0) is 27.0. The second kappa shape index (κ2) is 10.4. The molecule has 0 unspecified atom stereocenters. The van der Waals surface area contributed by atoms with Crippen LogP contribution in [0.5, 0.6) is 0 Å². The number of halogens is 4. The number of anilines is 2. The van der Waals surface area contributed by atoms with Crippen molar-refractivity contribution in [2.24, 2.45) is 0 Å². The first-order chi connectivity index (χ1) is 17.3. The largest absolute Gasteiger partial charge is 0.444 e. The number of alkyl halides is 3. The third-order valence-corrected chi connectivity index (χ3v) is 6.75. The Labute approximate surface area is 219 Å². The van der Waals surface area contributed by atoms with E-state index in [0.717, 1.165) is 41.8 Å². The molecule has 200 valence electrons. The summed E-state index contributed by atoms with van der Waals surface area (Å²) < 4.78 is 44.1. The molecular weight excluding hydrogens is 507 g/mol. The normalized spacial score (nSPS) is 18.0. The number of likely N-dealkylation sites (tertiary alicyclic amines) is 1. The third kappa shape index (κ3) is 6.50. The number of carbonyl (C=O) groups excluding carboxylic acids is 2. The Kier molecular flexibility index (Phi) is 7.65. The molecule has 2 heterocycles. The summed E-state index contributed by atoms with van der Waals surface area (Å²) in [6.45, 7) is 6.90. The molecule has 1 atom stereocenters. The maximum Gasteiger partial charge on any atom is 0.416 e. The van der Waals surface area contributed by atoms with E-state index in [1.54, 1.807) is 26.8 Å². The molecule has 6 nitrogen and oxygen atoms in total. The highest BCUT2D eigenvalue weighted by Gasteiger charge is 2.35. The maximum atomic E-state index is 13.2. The lowest BCUT2D eigenvalue weighted by atomic mass is 10.0. The molecule has 0 saturated carbocycles. The van der Waals surface area contributed by atoms with Gasteiger partial charge in [0.1, 0.15) is 11.6 Å². The average molecular weight is 538 g/mol. The zero-order valence-electron chi connectivity index (χ0n) is 21.1. The topological polar surface area (TPSA) is 61.9 Å². The molecule has 10 heteroatoms. The Bertz CT molecular complexity index is 1160. The fraction of sp³-hybridized carbons (Fsp3) is 0.481. The number of fused-ring (bicyclic) bond motifs is 1. The Hall–Kier alpha value is -2.94. The van der Waals surface area contributed by atoms with Gasteiger partial charge in [0.15, 0.2) is 0 Å². The van der Waals surface area contributed by atoms with Crippen molar-refractivity contribution in [3.63, 3.8) is 0 Å². The number of carbonyl (C=O) groups is 2. The predicted octanol–water partition coefficient (Wildman–Crippen LogP) is 6.65. The average Bonchev–Trinajstić information content (AvgIpc) is 3.20. The van der Waals surface area contributed by atoms with Gasteiger partial charge in [0, 0.05) is 25.3 Å². The van der Waals surface area contributed by atoms with Crippen molar-refractivity contribution >= 4 is 35.0 Å². The smallest absolute Gasteiger partial charge is 0.416 e. The van der Waals surface area contributed by atoms with Gasteiger partial charge in [-0.1, -0.05) is 23.7 Å². The summed E-state index contributed by atoms with van der Waals surface area (Å²) in [7, 11) is 0. The van der Waals surface area contributed by atoms with Crippen molar-refractivity contribution in [2.45, 2.75) is 70.8 Å². The van der Waals surface area contributed by atoms with E-state index in [-0.39, 0.29) is 5.91 Å². The van der Waals surface area contributed by atoms with Crippen LogP contribution in [0.3, 0.4) is 0 Å². The molecule has 2 aliphatic rings. The van der Waals surface area contributed by atoms with Crippen LogP contribution in [0, 0.1) is 0 Å². The van der Waals surface area contributed by atoms with Crippen LogP contribution in [-0.4, -0.2) is 41.6 Å². The van der Waals surface area contributed by atoms with E-state index in [2.05, 4.69) is 5.32 Å². The summed E-state index contributed by atoms with van der Waals surface area (Å²) in [5, 5.41) is 3.37.